The van der Waals surface area contributed by atoms with Crippen molar-refractivity contribution in [3.05, 3.63) is 29.3 Å². The summed E-state index contributed by atoms with van der Waals surface area (Å²) >= 11 is 5.86. The minimum absolute atomic E-state index is 0.126. The molecule has 0 spiro atoms. The fourth-order valence-electron chi connectivity index (χ4n) is 5.13. The first-order valence-corrected chi connectivity index (χ1v) is 12.4. The van der Waals surface area contributed by atoms with E-state index in [1.165, 1.54) is 16.4 Å². The van der Waals surface area contributed by atoms with Crippen LogP contribution < -0.4 is 0 Å². The molecule has 4 rings (SSSR count). The molecular weight excluding hydrogens is 412 g/mol. The normalized spacial score (nSPS) is 29.4. The molecule has 2 atom stereocenters. The van der Waals surface area contributed by atoms with Crippen LogP contribution in [0.15, 0.2) is 29.2 Å². The summed E-state index contributed by atoms with van der Waals surface area (Å²) < 4.78 is 27.1. The Hall–Kier alpha value is -1.15. The highest BCUT2D eigenvalue weighted by Gasteiger charge is 2.45. The van der Waals surface area contributed by atoms with Gasteiger partial charge >= 0.3 is 0 Å². The van der Waals surface area contributed by atoms with Crippen LogP contribution in [0.4, 0.5) is 0 Å². The Morgan fingerprint density at radius 1 is 1.03 bits per heavy atom. The van der Waals surface area contributed by atoms with Crippen molar-refractivity contribution in [3.63, 3.8) is 0 Å². The van der Waals surface area contributed by atoms with Gasteiger partial charge in [0.2, 0.25) is 15.9 Å². The lowest BCUT2D eigenvalue weighted by molar-refractivity contribution is -0.148. The second kappa shape index (κ2) is 8.17. The van der Waals surface area contributed by atoms with Gasteiger partial charge in [0.1, 0.15) is 0 Å². The number of hydrogen-bond donors (Lipinski definition) is 1. The molecule has 8 heteroatoms. The molecule has 1 aliphatic carbocycles. The van der Waals surface area contributed by atoms with Gasteiger partial charge in [0.15, 0.2) is 0 Å². The Bertz CT molecular complexity index is 852. The number of rotatable bonds is 3. The molecule has 0 bridgehead atoms. The smallest absolute Gasteiger partial charge is 0.243 e. The SMILES string of the molecule is O=C(C1CCN(S(=O)(=O)c2ccc(Cl)cc2)CC1)N1CC[C@]2(O)CCCC[C@@H]2C1. The van der Waals surface area contributed by atoms with E-state index in [9.17, 15) is 18.3 Å². The summed E-state index contributed by atoms with van der Waals surface area (Å²) in [6, 6.07) is 6.20. The maximum absolute atomic E-state index is 13.1. The second-order valence-electron chi connectivity index (χ2n) is 8.71. The largest absolute Gasteiger partial charge is 0.389 e. The van der Waals surface area contributed by atoms with Gasteiger partial charge in [0.05, 0.1) is 10.5 Å². The lowest BCUT2D eigenvalue weighted by Crippen LogP contribution is -2.56. The molecule has 160 valence electrons. The number of piperidine rings is 2. The molecule has 2 aliphatic heterocycles. The molecule has 2 saturated heterocycles. The topological polar surface area (TPSA) is 77.9 Å². The van der Waals surface area contributed by atoms with Crippen molar-refractivity contribution in [2.24, 2.45) is 11.8 Å². The van der Waals surface area contributed by atoms with Crippen molar-refractivity contribution in [3.8, 4) is 0 Å². The van der Waals surface area contributed by atoms with Crippen LogP contribution in [0.5, 0.6) is 0 Å². The lowest BCUT2D eigenvalue weighted by Gasteiger charge is -2.48. The van der Waals surface area contributed by atoms with Crippen LogP contribution in [-0.2, 0) is 14.8 Å². The maximum Gasteiger partial charge on any atom is 0.243 e. The summed E-state index contributed by atoms with van der Waals surface area (Å²) in [6.07, 6.45) is 5.76. The average Bonchev–Trinajstić information content (AvgIpc) is 2.73. The number of sulfonamides is 1. The van der Waals surface area contributed by atoms with Gasteiger partial charge in [-0.25, -0.2) is 8.42 Å². The number of amides is 1. The third kappa shape index (κ3) is 4.20. The zero-order chi connectivity index (χ0) is 20.6. The van der Waals surface area contributed by atoms with E-state index in [1.807, 2.05) is 4.90 Å². The van der Waals surface area contributed by atoms with Gasteiger partial charge in [-0.2, -0.15) is 4.31 Å². The van der Waals surface area contributed by atoms with E-state index in [2.05, 4.69) is 0 Å². The number of benzene rings is 1. The van der Waals surface area contributed by atoms with Gasteiger partial charge in [-0.05, 0) is 56.4 Å². The molecule has 3 fully saturated rings. The van der Waals surface area contributed by atoms with Crippen molar-refractivity contribution in [2.45, 2.75) is 55.4 Å². The monoisotopic (exact) mass is 440 g/mol. The van der Waals surface area contributed by atoms with Crippen LogP contribution in [0.3, 0.4) is 0 Å². The van der Waals surface area contributed by atoms with Gasteiger partial charge in [-0.15, -0.1) is 0 Å². The van der Waals surface area contributed by atoms with Crippen molar-refractivity contribution < 1.29 is 18.3 Å². The fraction of sp³-hybridized carbons (Fsp3) is 0.667. The standard InChI is InChI=1S/C21H29ClN2O4S/c22-18-4-6-19(7-5-18)29(27,28)24-12-8-16(9-13-24)20(25)23-14-11-21(26)10-2-1-3-17(21)15-23/h4-7,16-17,26H,1-3,8-15H2/t17-,21-/m1/s1. The summed E-state index contributed by atoms with van der Waals surface area (Å²) in [5, 5.41) is 11.3. The first kappa shape index (κ1) is 21.1. The first-order chi connectivity index (χ1) is 13.8. The maximum atomic E-state index is 13.1. The van der Waals surface area contributed by atoms with Gasteiger partial charge in [0.25, 0.3) is 0 Å². The average molecular weight is 441 g/mol. The summed E-state index contributed by atoms with van der Waals surface area (Å²) in [4.78, 5) is 15.2. The van der Waals surface area contributed by atoms with Crippen molar-refractivity contribution in [1.29, 1.82) is 0 Å². The number of carbonyl (C=O) groups is 1. The number of aliphatic hydroxyl groups is 1. The zero-order valence-corrected chi connectivity index (χ0v) is 18.2. The van der Waals surface area contributed by atoms with E-state index >= 15 is 0 Å². The van der Waals surface area contributed by atoms with E-state index in [1.54, 1.807) is 12.1 Å². The first-order valence-electron chi connectivity index (χ1n) is 10.6. The van der Waals surface area contributed by atoms with Crippen LogP contribution in [0.1, 0.15) is 44.9 Å². The molecule has 3 aliphatic rings. The number of fused-ring (bicyclic) bond motifs is 1. The summed E-state index contributed by atoms with van der Waals surface area (Å²) in [6.45, 7) is 1.94. The van der Waals surface area contributed by atoms with Crippen LogP contribution in [-0.4, -0.2) is 60.4 Å². The summed E-state index contributed by atoms with van der Waals surface area (Å²) in [5.74, 6) is 0.168. The Kier molecular flexibility index (Phi) is 5.95. The van der Waals surface area contributed by atoms with Gasteiger partial charge < -0.3 is 10.0 Å². The quantitative estimate of drug-likeness (QED) is 0.783. The predicted octanol–water partition coefficient (Wildman–Crippen LogP) is 2.89. The fourth-order valence-corrected chi connectivity index (χ4v) is 6.72. The van der Waals surface area contributed by atoms with Crippen LogP contribution >= 0.6 is 11.6 Å². The molecule has 0 aromatic heterocycles. The molecule has 1 saturated carbocycles. The van der Waals surface area contributed by atoms with E-state index in [0.29, 0.717) is 50.5 Å². The highest BCUT2D eigenvalue weighted by atomic mass is 35.5. The Morgan fingerprint density at radius 2 is 1.72 bits per heavy atom. The minimum atomic E-state index is -3.56. The minimum Gasteiger partial charge on any atom is -0.389 e. The molecule has 2 heterocycles. The molecule has 1 aromatic carbocycles. The Morgan fingerprint density at radius 3 is 2.41 bits per heavy atom. The van der Waals surface area contributed by atoms with Gasteiger partial charge in [-0.1, -0.05) is 24.4 Å². The number of hydrogen-bond acceptors (Lipinski definition) is 4. The molecule has 29 heavy (non-hydrogen) atoms. The molecular formula is C21H29ClN2O4S. The lowest BCUT2D eigenvalue weighted by atomic mass is 9.71. The van der Waals surface area contributed by atoms with Crippen molar-refractivity contribution >= 4 is 27.5 Å². The Labute approximate surface area is 177 Å². The summed E-state index contributed by atoms with van der Waals surface area (Å²) in [5.41, 5.74) is -0.592. The summed E-state index contributed by atoms with van der Waals surface area (Å²) in [7, 11) is -3.56. The number of carbonyl (C=O) groups excluding carboxylic acids is 1. The molecule has 0 unspecified atom stereocenters. The van der Waals surface area contributed by atoms with Gasteiger partial charge in [-0.3, -0.25) is 4.79 Å². The third-order valence-electron chi connectivity index (χ3n) is 6.99. The van der Waals surface area contributed by atoms with Crippen molar-refractivity contribution in [1.82, 2.24) is 9.21 Å². The van der Waals surface area contributed by atoms with Crippen molar-refractivity contribution in [2.75, 3.05) is 26.2 Å². The van der Waals surface area contributed by atoms with Gasteiger partial charge in [0, 0.05) is 43.0 Å². The van der Waals surface area contributed by atoms with Crippen LogP contribution in [0, 0.1) is 11.8 Å². The number of nitrogens with zero attached hydrogens (tertiary/aromatic N) is 2. The molecule has 1 N–H and O–H groups in total. The molecule has 1 amide bonds. The third-order valence-corrected chi connectivity index (χ3v) is 9.16. The highest BCUT2D eigenvalue weighted by molar-refractivity contribution is 7.89. The number of likely N-dealkylation sites (tertiary alicyclic amines) is 1. The number of halogens is 1. The van der Waals surface area contributed by atoms with Crippen LogP contribution in [0.2, 0.25) is 5.02 Å². The van der Waals surface area contributed by atoms with E-state index in [-0.39, 0.29) is 22.6 Å². The zero-order valence-electron chi connectivity index (χ0n) is 16.6. The van der Waals surface area contributed by atoms with E-state index < -0.39 is 15.6 Å². The molecule has 6 nitrogen and oxygen atoms in total. The predicted molar refractivity (Wildman–Crippen MR) is 111 cm³/mol. The molecule has 1 aromatic rings. The molecule has 0 radical (unpaired) electrons. The van der Waals surface area contributed by atoms with E-state index in [0.717, 1.165) is 25.7 Å². The van der Waals surface area contributed by atoms with Crippen LogP contribution in [0.25, 0.3) is 0 Å². The second-order valence-corrected chi connectivity index (χ2v) is 11.1. The highest BCUT2D eigenvalue weighted by Crippen LogP contribution is 2.40. The van der Waals surface area contributed by atoms with E-state index in [4.69, 9.17) is 11.6 Å². The Balaban J connectivity index is 1.36.